The van der Waals surface area contributed by atoms with Gasteiger partial charge in [-0.3, -0.25) is 24.5 Å². The van der Waals surface area contributed by atoms with Gasteiger partial charge >= 0.3 is 0 Å². The fourth-order valence-electron chi connectivity index (χ4n) is 1.48. The van der Waals surface area contributed by atoms with Crippen molar-refractivity contribution in [1.29, 1.82) is 0 Å². The molecule has 1 saturated heterocycles. The maximum atomic E-state index is 11.7. The van der Waals surface area contributed by atoms with Crippen molar-refractivity contribution in [1.82, 2.24) is 16.0 Å². The Morgan fingerprint density at radius 3 is 2.72 bits per heavy atom. The molecule has 0 unspecified atom stereocenters. The molecule has 1 fully saturated rings. The molecule has 0 saturated carbocycles. The third-order valence-electron chi connectivity index (χ3n) is 2.44. The fraction of sp³-hybridized carbons (Fsp3) is 0.600. The Hall–Kier alpha value is -1.96. The molecule has 3 amide bonds. The molecule has 1 rings (SSSR count). The van der Waals surface area contributed by atoms with E-state index in [1.807, 2.05) is 0 Å². The van der Waals surface area contributed by atoms with E-state index in [1.165, 1.54) is 0 Å². The Morgan fingerprint density at radius 2 is 2.06 bits per heavy atom. The highest BCUT2D eigenvalue weighted by Crippen LogP contribution is 1.99. The molecule has 1 aliphatic rings. The van der Waals surface area contributed by atoms with Crippen LogP contribution in [0.4, 0.5) is 0 Å². The summed E-state index contributed by atoms with van der Waals surface area (Å²) < 4.78 is 0. The summed E-state index contributed by atoms with van der Waals surface area (Å²) in [6, 6.07) is -0.683. The Kier molecular flexibility index (Phi) is 5.25. The van der Waals surface area contributed by atoms with Crippen LogP contribution in [0, 0.1) is 0 Å². The van der Waals surface area contributed by atoms with Crippen LogP contribution in [0.1, 0.15) is 12.8 Å². The number of amides is 3. The number of nitrogens with two attached hydrogens (primary N) is 1. The lowest BCUT2D eigenvalue weighted by atomic mass is 10.1. The van der Waals surface area contributed by atoms with Crippen LogP contribution in [0.15, 0.2) is 0 Å². The number of hydrogen-bond donors (Lipinski definition) is 4. The monoisotopic (exact) mass is 256 g/mol. The van der Waals surface area contributed by atoms with E-state index in [2.05, 4.69) is 16.0 Å². The lowest BCUT2D eigenvalue weighted by molar-refractivity contribution is -0.126. The van der Waals surface area contributed by atoms with Crippen LogP contribution < -0.4 is 21.7 Å². The summed E-state index contributed by atoms with van der Waals surface area (Å²) in [5, 5.41) is 7.53. The molecule has 0 aliphatic carbocycles. The van der Waals surface area contributed by atoms with Gasteiger partial charge in [-0.15, -0.1) is 0 Å². The predicted molar refractivity (Wildman–Crippen MR) is 61.2 cm³/mol. The average molecular weight is 256 g/mol. The zero-order valence-electron chi connectivity index (χ0n) is 9.82. The minimum Gasteiger partial charge on any atom is -0.368 e. The van der Waals surface area contributed by atoms with E-state index < -0.39 is 17.9 Å². The molecule has 18 heavy (non-hydrogen) atoms. The van der Waals surface area contributed by atoms with Gasteiger partial charge in [0.2, 0.25) is 17.7 Å². The molecule has 0 radical (unpaired) electrons. The van der Waals surface area contributed by atoms with Gasteiger partial charge in [0.1, 0.15) is 0 Å². The van der Waals surface area contributed by atoms with E-state index in [1.54, 1.807) is 0 Å². The summed E-state index contributed by atoms with van der Waals surface area (Å²) in [5.74, 6) is -1.59. The second kappa shape index (κ2) is 6.70. The van der Waals surface area contributed by atoms with E-state index in [0.29, 0.717) is 0 Å². The van der Waals surface area contributed by atoms with Crippen LogP contribution in [-0.4, -0.2) is 49.2 Å². The van der Waals surface area contributed by atoms with Crippen LogP contribution in [0.3, 0.4) is 0 Å². The second-order valence-corrected chi connectivity index (χ2v) is 3.97. The molecule has 5 N–H and O–H groups in total. The smallest absolute Gasteiger partial charge is 0.237 e. The van der Waals surface area contributed by atoms with Gasteiger partial charge in [0.15, 0.2) is 5.78 Å². The Bertz CT molecular complexity index is 349. The van der Waals surface area contributed by atoms with Gasteiger partial charge in [-0.1, -0.05) is 0 Å². The number of Topliss-reactive ketones (excluding diaryl/α,β-unsaturated/α-hetero) is 1. The molecule has 0 aromatic heterocycles. The van der Waals surface area contributed by atoms with Crippen molar-refractivity contribution in [3.63, 3.8) is 0 Å². The minimum atomic E-state index is -0.683. The molecule has 100 valence electrons. The van der Waals surface area contributed by atoms with E-state index >= 15 is 0 Å². The first kappa shape index (κ1) is 14.1. The number of ketones is 1. The molecule has 1 aliphatic heterocycles. The minimum absolute atomic E-state index is 0.00502. The number of nitrogens with one attached hydrogen (secondary N) is 3. The number of hydrogen-bond acceptors (Lipinski definition) is 5. The van der Waals surface area contributed by atoms with Crippen molar-refractivity contribution in [2.24, 2.45) is 5.73 Å². The Morgan fingerprint density at radius 1 is 1.33 bits per heavy atom. The van der Waals surface area contributed by atoms with Crippen molar-refractivity contribution in [3.8, 4) is 0 Å². The summed E-state index contributed by atoms with van der Waals surface area (Å²) in [6.45, 7) is -0.312. The molecule has 1 atom stereocenters. The van der Waals surface area contributed by atoms with Crippen molar-refractivity contribution >= 4 is 23.5 Å². The molecular weight excluding hydrogens is 240 g/mol. The molecule has 8 nitrogen and oxygen atoms in total. The third kappa shape index (κ3) is 4.91. The van der Waals surface area contributed by atoms with E-state index in [9.17, 15) is 19.2 Å². The third-order valence-corrected chi connectivity index (χ3v) is 2.44. The Balaban J connectivity index is 2.55. The molecule has 0 aromatic rings. The summed E-state index contributed by atoms with van der Waals surface area (Å²) in [5.41, 5.74) is 4.90. The lowest BCUT2D eigenvalue weighted by Crippen LogP contribution is -2.47. The highest BCUT2D eigenvalue weighted by Gasteiger charge is 2.22. The summed E-state index contributed by atoms with van der Waals surface area (Å²) in [4.78, 5) is 44.8. The van der Waals surface area contributed by atoms with Crippen LogP contribution >= 0.6 is 0 Å². The van der Waals surface area contributed by atoms with Gasteiger partial charge in [-0.25, -0.2) is 0 Å². The number of primary amides is 1. The Labute approximate surface area is 104 Å². The van der Waals surface area contributed by atoms with Crippen molar-refractivity contribution in [3.05, 3.63) is 0 Å². The number of carbonyl (C=O) groups excluding carboxylic acids is 4. The van der Waals surface area contributed by atoms with E-state index in [-0.39, 0.29) is 44.2 Å². The van der Waals surface area contributed by atoms with Gasteiger partial charge in [0.25, 0.3) is 0 Å². The summed E-state index contributed by atoms with van der Waals surface area (Å²) in [6.07, 6.45) is 0.388. The summed E-state index contributed by atoms with van der Waals surface area (Å²) >= 11 is 0. The van der Waals surface area contributed by atoms with Crippen LogP contribution in [0.2, 0.25) is 0 Å². The van der Waals surface area contributed by atoms with Crippen LogP contribution in [-0.2, 0) is 19.2 Å². The first-order chi connectivity index (χ1) is 8.49. The van der Waals surface area contributed by atoms with Gasteiger partial charge in [0, 0.05) is 6.42 Å². The molecule has 0 bridgehead atoms. The maximum absolute atomic E-state index is 11.7. The molecular formula is C10H16N4O4. The van der Waals surface area contributed by atoms with Crippen molar-refractivity contribution < 1.29 is 19.2 Å². The first-order valence-corrected chi connectivity index (χ1v) is 5.57. The number of carbonyl (C=O) groups is 4. The highest BCUT2D eigenvalue weighted by atomic mass is 16.2. The molecule has 0 spiro atoms. The van der Waals surface area contributed by atoms with Crippen molar-refractivity contribution in [2.75, 3.05) is 19.6 Å². The van der Waals surface area contributed by atoms with Gasteiger partial charge in [0.05, 0.1) is 25.7 Å². The topological polar surface area (TPSA) is 130 Å². The lowest BCUT2D eigenvalue weighted by Gasteiger charge is -2.15. The fourth-order valence-corrected chi connectivity index (χ4v) is 1.48. The molecule has 8 heteroatoms. The molecule has 0 aromatic carbocycles. The van der Waals surface area contributed by atoms with E-state index in [0.717, 1.165) is 0 Å². The quantitative estimate of drug-likeness (QED) is 0.428. The number of rotatable bonds is 3. The second-order valence-electron chi connectivity index (χ2n) is 3.97. The first-order valence-electron chi connectivity index (χ1n) is 5.57. The SMILES string of the molecule is NC(=O)CNC(=O)[C@H]1CCC(=O)NCC(=O)CN1. The van der Waals surface area contributed by atoms with Gasteiger partial charge in [-0.05, 0) is 6.42 Å². The average Bonchev–Trinajstić information content (AvgIpc) is 2.40. The largest absolute Gasteiger partial charge is 0.368 e. The highest BCUT2D eigenvalue weighted by molar-refractivity contribution is 5.90. The van der Waals surface area contributed by atoms with Gasteiger partial charge in [-0.2, -0.15) is 0 Å². The summed E-state index contributed by atoms with van der Waals surface area (Å²) in [7, 11) is 0. The normalized spacial score (nSPS) is 21.2. The van der Waals surface area contributed by atoms with Gasteiger partial charge < -0.3 is 16.4 Å². The predicted octanol–water partition coefficient (Wildman–Crippen LogP) is -2.97. The zero-order chi connectivity index (χ0) is 13.5. The van der Waals surface area contributed by atoms with Crippen molar-refractivity contribution in [2.45, 2.75) is 18.9 Å². The molecule has 1 heterocycles. The maximum Gasteiger partial charge on any atom is 0.237 e. The van der Waals surface area contributed by atoms with E-state index in [4.69, 9.17) is 5.73 Å². The van der Waals surface area contributed by atoms with Crippen LogP contribution in [0.5, 0.6) is 0 Å². The zero-order valence-corrected chi connectivity index (χ0v) is 9.82. The standard InChI is InChI=1S/C10H16N4O4/c11-8(16)5-14-10(18)7-1-2-9(17)13-4-6(15)3-12-7/h7,12H,1-5H2,(H2,11,16)(H,13,17)(H,14,18)/t7-/m1/s1. The van der Waals surface area contributed by atoms with Crippen LogP contribution in [0.25, 0.3) is 0 Å².